The zero-order valence-corrected chi connectivity index (χ0v) is 35.4. The minimum absolute atomic E-state index is 0.234. The van der Waals surface area contributed by atoms with Crippen LogP contribution in [0.15, 0.2) is 60.2 Å². The number of benzene rings is 2. The fourth-order valence-electron chi connectivity index (χ4n) is 13.2. The predicted octanol–water partition coefficient (Wildman–Crippen LogP) is 5.19. The quantitative estimate of drug-likeness (QED) is 0.186. The standard InChI is InChI=1S/C47H58N4O8/c1-8-29-23-30-15-18-45(42(53)57-6,38-32(16-21-50(26-29)27-30)31-13-10-11-14-35(31)48-38)34-24-33-36(25-37(34)56-5)49(4)40-46(33)19-22-51-20-12-17-44(9-2,39(46)51)41(59-28(3)52)47(40,55)43(54)58-7/h10-14,17,23-25,30,39-41,48,55H,8-9,15-16,18-22,26-27H2,1-7H3/t30-,39?,40?,41-,44-,45+,46-,47+/m1/s1. The van der Waals surface area contributed by atoms with Gasteiger partial charge < -0.3 is 33.9 Å². The minimum atomic E-state index is -2.28. The molecule has 1 spiro atoms. The lowest BCUT2D eigenvalue weighted by atomic mass is 9.47. The summed E-state index contributed by atoms with van der Waals surface area (Å²) < 4.78 is 24.0. The maximum Gasteiger partial charge on any atom is 0.344 e. The summed E-state index contributed by atoms with van der Waals surface area (Å²) in [5.74, 6) is -1.08. The Morgan fingerprint density at radius 1 is 0.983 bits per heavy atom. The Balaban J connectivity index is 1.35. The molecule has 2 fully saturated rings. The molecule has 59 heavy (non-hydrogen) atoms. The van der Waals surface area contributed by atoms with Gasteiger partial charge in [-0.05, 0) is 74.2 Å². The molecule has 0 amide bonds. The van der Waals surface area contributed by atoms with Crippen LogP contribution in [0.2, 0.25) is 0 Å². The molecular weight excluding hydrogens is 749 g/mol. The van der Waals surface area contributed by atoms with Crippen molar-refractivity contribution in [2.24, 2.45) is 11.3 Å². The van der Waals surface area contributed by atoms with Crippen LogP contribution >= 0.6 is 0 Å². The lowest BCUT2D eigenvalue weighted by Gasteiger charge is -2.63. The SMILES string of the molecule is CCC1=C[C@H]2CC[C@](C(=O)OC)(c3cc4c(cc3OC)N(C)C3[C@]45CCN4CC=C[C@](CC)(C45)[C@@H](OC(C)=O)[C@]3(O)C(=O)OC)c3[nH]c4ccccc4c3CCN(C1)C2. The van der Waals surface area contributed by atoms with Gasteiger partial charge in [0.15, 0.2) is 6.10 Å². The van der Waals surface area contributed by atoms with E-state index in [9.17, 15) is 14.7 Å². The van der Waals surface area contributed by atoms with E-state index >= 15 is 4.79 Å². The summed E-state index contributed by atoms with van der Waals surface area (Å²) in [4.78, 5) is 53.4. The van der Waals surface area contributed by atoms with Crippen LogP contribution in [0.4, 0.5) is 5.69 Å². The molecule has 9 rings (SSSR count). The van der Waals surface area contributed by atoms with Gasteiger partial charge in [0.25, 0.3) is 0 Å². The highest BCUT2D eigenvalue weighted by Gasteiger charge is 2.80. The number of rotatable bonds is 7. The highest BCUT2D eigenvalue weighted by atomic mass is 16.6. The number of aromatic nitrogens is 1. The number of carbonyl (C=O) groups is 3. The van der Waals surface area contributed by atoms with Crippen LogP contribution < -0.4 is 9.64 Å². The molecule has 2 aromatic carbocycles. The molecule has 1 saturated heterocycles. The lowest BCUT2D eigenvalue weighted by molar-refractivity contribution is -0.228. The van der Waals surface area contributed by atoms with Gasteiger partial charge in [-0.25, -0.2) is 4.79 Å². The number of aromatic amines is 1. The maximum absolute atomic E-state index is 15.3. The molecule has 5 aliphatic heterocycles. The lowest BCUT2D eigenvalue weighted by Crippen LogP contribution is -2.81. The molecule has 314 valence electrons. The van der Waals surface area contributed by atoms with Gasteiger partial charge in [0, 0.05) is 90.9 Å². The third-order valence-corrected chi connectivity index (χ3v) is 15.4. The molecule has 12 heteroatoms. The van der Waals surface area contributed by atoms with Crippen LogP contribution in [0.1, 0.15) is 75.3 Å². The van der Waals surface area contributed by atoms with Crippen molar-refractivity contribution >= 4 is 34.5 Å². The number of anilines is 1. The molecule has 1 aromatic heterocycles. The molecule has 12 nitrogen and oxygen atoms in total. The first kappa shape index (κ1) is 39.8. The molecule has 6 heterocycles. The second-order valence-electron chi connectivity index (χ2n) is 17.8. The molecule has 1 saturated carbocycles. The van der Waals surface area contributed by atoms with Crippen LogP contribution in [0.25, 0.3) is 10.9 Å². The third kappa shape index (κ3) is 5.27. The highest BCUT2D eigenvalue weighted by molar-refractivity contribution is 5.95. The number of aliphatic hydroxyl groups is 1. The number of nitrogens with zero attached hydrogens (tertiary/aromatic N) is 3. The Kier molecular flexibility index (Phi) is 9.60. The van der Waals surface area contributed by atoms with Crippen LogP contribution in [-0.2, 0) is 45.8 Å². The van der Waals surface area contributed by atoms with Crippen molar-refractivity contribution in [2.45, 2.75) is 93.9 Å². The number of fused-ring (bicyclic) bond motifs is 6. The van der Waals surface area contributed by atoms with Gasteiger partial charge in [-0.1, -0.05) is 55.8 Å². The molecule has 2 N–H and O–H groups in total. The van der Waals surface area contributed by atoms with Gasteiger partial charge in [0.2, 0.25) is 5.60 Å². The number of nitrogens with one attached hydrogen (secondary N) is 1. The summed E-state index contributed by atoms with van der Waals surface area (Å²) in [6.07, 6.45) is 9.29. The molecule has 3 unspecified atom stereocenters. The number of methoxy groups -OCH3 is 3. The largest absolute Gasteiger partial charge is 0.496 e. The Bertz CT molecular complexity index is 2280. The zero-order valence-electron chi connectivity index (χ0n) is 35.4. The Morgan fingerprint density at radius 2 is 1.76 bits per heavy atom. The van der Waals surface area contributed by atoms with Gasteiger partial charge in [0.1, 0.15) is 11.2 Å². The first-order valence-electron chi connectivity index (χ1n) is 21.3. The number of esters is 3. The summed E-state index contributed by atoms with van der Waals surface area (Å²) in [6.45, 7) is 9.62. The van der Waals surface area contributed by atoms with Gasteiger partial charge in [-0.2, -0.15) is 0 Å². The normalized spacial score (nSPS) is 34.5. The van der Waals surface area contributed by atoms with Gasteiger partial charge in [-0.3, -0.25) is 19.4 Å². The fourth-order valence-corrected chi connectivity index (χ4v) is 13.2. The summed E-state index contributed by atoms with van der Waals surface area (Å²) in [5, 5.41) is 14.4. The van der Waals surface area contributed by atoms with Crippen LogP contribution in [0.3, 0.4) is 0 Å². The topological polar surface area (TPSA) is 134 Å². The van der Waals surface area contributed by atoms with E-state index in [1.54, 1.807) is 7.11 Å². The van der Waals surface area contributed by atoms with Gasteiger partial charge in [0.05, 0.1) is 27.4 Å². The van der Waals surface area contributed by atoms with Crippen molar-refractivity contribution < 1.29 is 38.4 Å². The predicted molar refractivity (Wildman–Crippen MR) is 224 cm³/mol. The summed E-state index contributed by atoms with van der Waals surface area (Å²) in [7, 11) is 6.25. The Labute approximate surface area is 346 Å². The molecule has 0 radical (unpaired) electrons. The van der Waals surface area contributed by atoms with E-state index in [1.807, 2.05) is 37.1 Å². The summed E-state index contributed by atoms with van der Waals surface area (Å²) >= 11 is 0. The number of likely N-dealkylation sites (N-methyl/N-ethyl adjacent to an activating group) is 1. The van der Waals surface area contributed by atoms with Crippen molar-refractivity contribution in [3.05, 3.63) is 82.6 Å². The second-order valence-corrected chi connectivity index (χ2v) is 17.8. The van der Waals surface area contributed by atoms with E-state index in [0.717, 1.165) is 72.3 Å². The third-order valence-electron chi connectivity index (χ3n) is 15.4. The van der Waals surface area contributed by atoms with Gasteiger partial charge in [-0.15, -0.1) is 0 Å². The average Bonchev–Trinajstić information content (AvgIpc) is 3.90. The molecule has 9 atom stereocenters. The Morgan fingerprint density at radius 3 is 2.47 bits per heavy atom. The number of hydrogen-bond acceptors (Lipinski definition) is 11. The summed E-state index contributed by atoms with van der Waals surface area (Å²) in [5.41, 5.74) is 1.22. The van der Waals surface area contributed by atoms with E-state index in [1.165, 1.54) is 26.7 Å². The summed E-state index contributed by atoms with van der Waals surface area (Å²) in [6, 6.07) is 11.2. The first-order valence-corrected chi connectivity index (χ1v) is 21.3. The van der Waals surface area contributed by atoms with E-state index < -0.39 is 45.9 Å². The van der Waals surface area contributed by atoms with Gasteiger partial charge >= 0.3 is 17.9 Å². The zero-order chi connectivity index (χ0) is 41.6. The number of para-hydroxylation sites is 1. The maximum atomic E-state index is 15.3. The van der Waals surface area contributed by atoms with Crippen molar-refractivity contribution in [1.82, 2.24) is 14.8 Å². The fraction of sp³-hybridized carbons (Fsp3) is 0.553. The smallest absolute Gasteiger partial charge is 0.344 e. The highest BCUT2D eigenvalue weighted by Crippen LogP contribution is 2.68. The van der Waals surface area contributed by atoms with E-state index in [0.29, 0.717) is 43.7 Å². The van der Waals surface area contributed by atoms with Crippen LogP contribution in [0.5, 0.6) is 5.75 Å². The van der Waals surface area contributed by atoms with Crippen molar-refractivity contribution in [2.75, 3.05) is 66.0 Å². The second kappa shape index (κ2) is 14.2. The molecular formula is C47H58N4O8. The van der Waals surface area contributed by atoms with E-state index in [4.69, 9.17) is 18.9 Å². The van der Waals surface area contributed by atoms with Crippen molar-refractivity contribution in [3.8, 4) is 5.75 Å². The number of hydrogen-bond donors (Lipinski definition) is 2. The molecule has 1 aliphatic carbocycles. The first-order chi connectivity index (χ1) is 28.4. The van der Waals surface area contributed by atoms with Crippen molar-refractivity contribution in [3.63, 3.8) is 0 Å². The molecule has 6 aliphatic rings. The number of H-pyrrole nitrogens is 1. The minimum Gasteiger partial charge on any atom is -0.496 e. The van der Waals surface area contributed by atoms with Crippen molar-refractivity contribution in [1.29, 1.82) is 0 Å². The van der Waals surface area contributed by atoms with E-state index in [2.05, 4.69) is 58.1 Å². The molecule has 2 bridgehead atoms. The van der Waals surface area contributed by atoms with E-state index in [-0.39, 0.29) is 17.9 Å². The van der Waals surface area contributed by atoms with Crippen LogP contribution in [-0.4, -0.2) is 123 Å². The Hall–Kier alpha value is -4.65. The monoisotopic (exact) mass is 806 g/mol. The molecule has 3 aromatic rings. The average molecular weight is 807 g/mol. The van der Waals surface area contributed by atoms with Crippen LogP contribution in [0, 0.1) is 11.3 Å². The number of ether oxygens (including phenoxy) is 4. The number of carbonyl (C=O) groups excluding carboxylic acids is 3.